The van der Waals surface area contributed by atoms with Crippen LogP contribution >= 0.6 is 23.1 Å². The van der Waals surface area contributed by atoms with Gasteiger partial charge in [0.15, 0.2) is 5.16 Å². The molecule has 0 aliphatic carbocycles. The average molecular weight is 418 g/mol. The van der Waals surface area contributed by atoms with Crippen molar-refractivity contribution in [3.63, 3.8) is 0 Å². The Bertz CT molecular complexity index is 1010. The molecule has 0 aliphatic rings. The van der Waals surface area contributed by atoms with Crippen molar-refractivity contribution < 1.29 is 9.53 Å². The normalized spacial score (nSPS) is 11.0. The van der Waals surface area contributed by atoms with Crippen LogP contribution in [0.15, 0.2) is 45.7 Å². The van der Waals surface area contributed by atoms with E-state index in [0.717, 1.165) is 11.3 Å². The molecular weight excluding hydrogens is 394 g/mol. The summed E-state index contributed by atoms with van der Waals surface area (Å²) in [6, 6.07) is 9.44. The molecule has 0 aliphatic heterocycles. The predicted molar refractivity (Wildman–Crippen MR) is 115 cm³/mol. The summed E-state index contributed by atoms with van der Waals surface area (Å²) in [5.41, 5.74) is 1.57. The van der Waals surface area contributed by atoms with Crippen molar-refractivity contribution in [1.29, 1.82) is 0 Å². The van der Waals surface area contributed by atoms with E-state index in [9.17, 15) is 9.59 Å². The Morgan fingerprint density at radius 1 is 1.21 bits per heavy atom. The minimum atomic E-state index is -0.0754. The zero-order valence-corrected chi connectivity index (χ0v) is 17.8. The van der Waals surface area contributed by atoms with Crippen LogP contribution in [0.4, 0.5) is 0 Å². The first-order valence-corrected chi connectivity index (χ1v) is 10.9. The maximum absolute atomic E-state index is 13.0. The number of nitrogens with zero attached hydrogens (tertiary/aromatic N) is 3. The lowest BCUT2D eigenvalue weighted by molar-refractivity contribution is -0.127. The summed E-state index contributed by atoms with van der Waals surface area (Å²) >= 11 is 2.70. The number of fused-ring (bicyclic) bond motifs is 1. The van der Waals surface area contributed by atoms with E-state index >= 15 is 0 Å². The van der Waals surface area contributed by atoms with E-state index in [1.807, 2.05) is 49.6 Å². The van der Waals surface area contributed by atoms with Crippen molar-refractivity contribution >= 4 is 39.2 Å². The number of methoxy groups -OCH3 is 1. The number of rotatable bonds is 8. The number of ether oxygens (including phenoxy) is 1. The Morgan fingerprint density at radius 2 is 1.93 bits per heavy atom. The third-order valence-corrected chi connectivity index (χ3v) is 6.32. The second kappa shape index (κ2) is 9.25. The highest BCUT2D eigenvalue weighted by atomic mass is 32.2. The molecule has 148 valence electrons. The first-order chi connectivity index (χ1) is 13.6. The van der Waals surface area contributed by atoms with Crippen LogP contribution in [-0.2, 0) is 11.3 Å². The molecule has 0 fully saturated rings. The number of carbonyl (C=O) groups is 1. The lowest BCUT2D eigenvalue weighted by Crippen LogP contribution is -2.32. The first-order valence-electron chi connectivity index (χ1n) is 9.08. The molecular formula is C20H23N3O3S2. The van der Waals surface area contributed by atoms with Gasteiger partial charge in [0.2, 0.25) is 5.91 Å². The van der Waals surface area contributed by atoms with Crippen molar-refractivity contribution in [3.05, 3.63) is 51.6 Å². The van der Waals surface area contributed by atoms with E-state index in [0.29, 0.717) is 35.0 Å². The van der Waals surface area contributed by atoms with E-state index in [1.165, 1.54) is 23.1 Å². The fourth-order valence-corrected chi connectivity index (χ4v) is 4.56. The summed E-state index contributed by atoms with van der Waals surface area (Å²) in [6.45, 7) is 5.66. The molecule has 1 aromatic carbocycles. The molecule has 0 radical (unpaired) electrons. The number of thiophene rings is 1. The maximum atomic E-state index is 13.0. The van der Waals surface area contributed by atoms with Gasteiger partial charge in [0, 0.05) is 13.1 Å². The van der Waals surface area contributed by atoms with Crippen LogP contribution in [0.5, 0.6) is 5.75 Å². The Hall–Kier alpha value is -2.32. The number of carbonyl (C=O) groups excluding carboxylic acids is 1. The molecule has 0 unspecified atom stereocenters. The Kier molecular flexibility index (Phi) is 6.74. The molecule has 28 heavy (non-hydrogen) atoms. The van der Waals surface area contributed by atoms with Crippen LogP contribution in [-0.4, -0.2) is 46.3 Å². The van der Waals surface area contributed by atoms with Gasteiger partial charge < -0.3 is 9.64 Å². The van der Waals surface area contributed by atoms with Crippen LogP contribution in [0.3, 0.4) is 0 Å². The van der Waals surface area contributed by atoms with Crippen LogP contribution in [0.1, 0.15) is 19.4 Å². The summed E-state index contributed by atoms with van der Waals surface area (Å²) in [5, 5.41) is 2.43. The zero-order chi connectivity index (χ0) is 20.1. The fourth-order valence-electron chi connectivity index (χ4n) is 2.88. The van der Waals surface area contributed by atoms with Gasteiger partial charge >= 0.3 is 0 Å². The summed E-state index contributed by atoms with van der Waals surface area (Å²) in [7, 11) is 1.62. The molecule has 0 bridgehead atoms. The van der Waals surface area contributed by atoms with Gasteiger partial charge in [-0.15, -0.1) is 11.3 Å². The molecule has 0 N–H and O–H groups in total. The minimum absolute atomic E-state index is 0.0469. The van der Waals surface area contributed by atoms with Gasteiger partial charge in [-0.2, -0.15) is 0 Å². The van der Waals surface area contributed by atoms with E-state index < -0.39 is 0 Å². The highest BCUT2D eigenvalue weighted by molar-refractivity contribution is 7.99. The predicted octanol–water partition coefficient (Wildman–Crippen LogP) is 3.48. The van der Waals surface area contributed by atoms with Crippen molar-refractivity contribution in [2.75, 3.05) is 26.0 Å². The summed E-state index contributed by atoms with van der Waals surface area (Å²) in [5.74, 6) is 1.07. The average Bonchev–Trinajstić information content (AvgIpc) is 3.19. The van der Waals surface area contributed by atoms with Gasteiger partial charge in [0.05, 0.1) is 24.9 Å². The standard InChI is InChI=1S/C20H23N3O3S2/c1-4-22(5-2)17(24)13-28-20-21-16-10-11-27-18(16)19(25)23(20)12-14-6-8-15(26-3)9-7-14/h6-11H,4-5,12-13H2,1-3H3. The van der Waals surface area contributed by atoms with Gasteiger partial charge in [0.1, 0.15) is 10.4 Å². The van der Waals surface area contributed by atoms with Crippen LogP contribution in [0.2, 0.25) is 0 Å². The zero-order valence-electron chi connectivity index (χ0n) is 16.2. The smallest absolute Gasteiger partial charge is 0.272 e. The van der Waals surface area contributed by atoms with E-state index in [-0.39, 0.29) is 17.2 Å². The van der Waals surface area contributed by atoms with Crippen LogP contribution in [0, 0.1) is 0 Å². The third-order valence-electron chi connectivity index (χ3n) is 4.47. The summed E-state index contributed by atoms with van der Waals surface area (Å²) in [6.07, 6.45) is 0. The largest absolute Gasteiger partial charge is 0.497 e. The highest BCUT2D eigenvalue weighted by Crippen LogP contribution is 2.22. The van der Waals surface area contributed by atoms with Crippen molar-refractivity contribution in [1.82, 2.24) is 14.5 Å². The number of thioether (sulfide) groups is 1. The van der Waals surface area contributed by atoms with Crippen LogP contribution in [0.25, 0.3) is 10.2 Å². The monoisotopic (exact) mass is 417 g/mol. The van der Waals surface area contributed by atoms with Crippen LogP contribution < -0.4 is 10.3 Å². The third kappa shape index (κ3) is 4.39. The Morgan fingerprint density at radius 3 is 2.57 bits per heavy atom. The molecule has 0 saturated heterocycles. The number of aromatic nitrogens is 2. The summed E-state index contributed by atoms with van der Waals surface area (Å²) < 4.78 is 7.48. The molecule has 3 rings (SSSR count). The highest BCUT2D eigenvalue weighted by Gasteiger charge is 2.16. The van der Waals surface area contributed by atoms with Gasteiger partial charge in [-0.3, -0.25) is 14.2 Å². The number of hydrogen-bond donors (Lipinski definition) is 0. The molecule has 8 heteroatoms. The van der Waals surface area contributed by atoms with Crippen molar-refractivity contribution in [2.24, 2.45) is 0 Å². The molecule has 1 amide bonds. The summed E-state index contributed by atoms with van der Waals surface area (Å²) in [4.78, 5) is 31.9. The number of benzene rings is 1. The Balaban J connectivity index is 1.92. The molecule has 3 aromatic rings. The van der Waals surface area contributed by atoms with E-state index in [4.69, 9.17) is 4.74 Å². The molecule has 0 saturated carbocycles. The van der Waals surface area contributed by atoms with Gasteiger partial charge in [-0.1, -0.05) is 23.9 Å². The van der Waals surface area contributed by atoms with Crippen molar-refractivity contribution in [3.8, 4) is 5.75 Å². The van der Waals surface area contributed by atoms with Crippen molar-refractivity contribution in [2.45, 2.75) is 25.5 Å². The van der Waals surface area contributed by atoms with Gasteiger partial charge in [-0.05, 0) is 43.0 Å². The molecule has 2 heterocycles. The topological polar surface area (TPSA) is 64.4 Å². The lowest BCUT2D eigenvalue weighted by Gasteiger charge is -2.18. The fraction of sp³-hybridized carbons (Fsp3) is 0.350. The second-order valence-electron chi connectivity index (χ2n) is 6.12. The first kappa shape index (κ1) is 20.4. The molecule has 6 nitrogen and oxygen atoms in total. The maximum Gasteiger partial charge on any atom is 0.272 e. The molecule has 2 aromatic heterocycles. The molecule has 0 spiro atoms. The SMILES string of the molecule is CCN(CC)C(=O)CSc1nc2ccsc2c(=O)n1Cc1ccc(OC)cc1. The van der Waals surface area contributed by atoms with Gasteiger partial charge in [0.25, 0.3) is 5.56 Å². The number of hydrogen-bond acceptors (Lipinski definition) is 6. The Labute approximate surface area is 172 Å². The number of amides is 1. The molecule has 0 atom stereocenters. The second-order valence-corrected chi connectivity index (χ2v) is 7.98. The quantitative estimate of drug-likeness (QED) is 0.415. The van der Waals surface area contributed by atoms with E-state index in [1.54, 1.807) is 16.6 Å². The van der Waals surface area contributed by atoms with Gasteiger partial charge in [-0.25, -0.2) is 4.98 Å². The lowest BCUT2D eigenvalue weighted by atomic mass is 10.2. The minimum Gasteiger partial charge on any atom is -0.497 e. The van der Waals surface area contributed by atoms with E-state index in [2.05, 4.69) is 4.98 Å².